The van der Waals surface area contributed by atoms with Crippen molar-refractivity contribution in [2.24, 2.45) is 0 Å². The topological polar surface area (TPSA) is 58.6 Å². The lowest BCUT2D eigenvalue weighted by molar-refractivity contribution is 0.378. The Bertz CT molecular complexity index is 577. The molecule has 2 rings (SSSR count). The summed E-state index contributed by atoms with van der Waals surface area (Å²) in [6.45, 7) is 1.24. The smallest absolute Gasteiger partial charge is 0.244 e. The first-order chi connectivity index (χ1) is 9.50. The molecule has 7 heteroatoms. The maximum absolute atomic E-state index is 12.8. The summed E-state index contributed by atoms with van der Waals surface area (Å²) >= 11 is 3.32. The number of hydrogen-bond donors (Lipinski definition) is 1. The lowest BCUT2D eigenvalue weighted by atomic mass is 10.2. The van der Waals surface area contributed by atoms with Crippen LogP contribution in [-0.4, -0.2) is 46.0 Å². The highest BCUT2D eigenvalue weighted by Gasteiger charge is 2.36. The highest BCUT2D eigenvalue weighted by atomic mass is 79.9. The van der Waals surface area contributed by atoms with Gasteiger partial charge in [0.2, 0.25) is 10.0 Å². The Labute approximate surface area is 128 Å². The maximum Gasteiger partial charge on any atom is 0.244 e. The van der Waals surface area contributed by atoms with Gasteiger partial charge in [-0.2, -0.15) is 4.31 Å². The van der Waals surface area contributed by atoms with E-state index in [2.05, 4.69) is 21.2 Å². The van der Waals surface area contributed by atoms with E-state index >= 15 is 0 Å². The van der Waals surface area contributed by atoms with Gasteiger partial charge in [0.15, 0.2) is 0 Å². The van der Waals surface area contributed by atoms with Crippen LogP contribution in [0.3, 0.4) is 0 Å². The number of hydrogen-bond acceptors (Lipinski definition) is 4. The van der Waals surface area contributed by atoms with E-state index in [-0.39, 0.29) is 10.9 Å². The summed E-state index contributed by atoms with van der Waals surface area (Å²) in [6.07, 6.45) is 1.79. The monoisotopic (exact) mass is 362 g/mol. The Hall–Kier alpha value is -0.630. The van der Waals surface area contributed by atoms with Crippen LogP contribution in [0.5, 0.6) is 5.75 Å². The van der Waals surface area contributed by atoms with E-state index in [0.717, 1.165) is 12.8 Å². The first kappa shape index (κ1) is 15.8. The predicted molar refractivity (Wildman–Crippen MR) is 81.5 cm³/mol. The predicted octanol–water partition coefficient (Wildman–Crippen LogP) is 1.83. The number of benzene rings is 1. The summed E-state index contributed by atoms with van der Waals surface area (Å²) in [4.78, 5) is 0.264. The van der Waals surface area contributed by atoms with Gasteiger partial charge in [-0.05, 0) is 48.0 Å². The Balaban J connectivity index is 2.39. The molecule has 0 spiro atoms. The zero-order chi connectivity index (χ0) is 14.8. The number of likely N-dealkylation sites (N-methyl/N-ethyl adjacent to an activating group) is 1. The van der Waals surface area contributed by atoms with Gasteiger partial charge in [0, 0.05) is 29.7 Å². The molecule has 1 aromatic carbocycles. The molecule has 0 saturated carbocycles. The molecule has 0 amide bonds. The highest BCUT2D eigenvalue weighted by Crippen LogP contribution is 2.32. The largest absolute Gasteiger partial charge is 0.497 e. The highest BCUT2D eigenvalue weighted by molar-refractivity contribution is 9.10. The fourth-order valence-corrected chi connectivity index (χ4v) is 5.13. The molecular weight excluding hydrogens is 344 g/mol. The summed E-state index contributed by atoms with van der Waals surface area (Å²) in [7, 11) is -0.142. The van der Waals surface area contributed by atoms with Crippen LogP contribution in [-0.2, 0) is 10.0 Å². The Morgan fingerprint density at radius 2 is 2.25 bits per heavy atom. The summed E-state index contributed by atoms with van der Waals surface area (Å²) in [5.74, 6) is 0.538. The van der Waals surface area contributed by atoms with Gasteiger partial charge < -0.3 is 10.1 Å². The van der Waals surface area contributed by atoms with Crippen molar-refractivity contribution < 1.29 is 13.2 Å². The van der Waals surface area contributed by atoms with Crippen LogP contribution in [0.2, 0.25) is 0 Å². The molecule has 20 heavy (non-hydrogen) atoms. The van der Waals surface area contributed by atoms with Crippen molar-refractivity contribution in [3.05, 3.63) is 22.7 Å². The van der Waals surface area contributed by atoms with E-state index in [1.165, 1.54) is 7.11 Å². The zero-order valence-electron chi connectivity index (χ0n) is 11.6. The lowest BCUT2D eigenvalue weighted by Crippen LogP contribution is -2.40. The molecule has 0 aliphatic carbocycles. The van der Waals surface area contributed by atoms with Gasteiger partial charge in [0.25, 0.3) is 0 Å². The van der Waals surface area contributed by atoms with Crippen LogP contribution in [0.15, 0.2) is 27.6 Å². The molecule has 112 valence electrons. The molecule has 1 N–H and O–H groups in total. The second-order valence-corrected chi connectivity index (χ2v) is 7.48. The number of sulfonamides is 1. The standard InChI is InChI=1S/C13H19BrN2O3S/c1-15-9-10-4-3-7-16(10)20(17,18)13-8-11(19-2)5-6-12(13)14/h5-6,8,10,15H,3-4,7,9H2,1-2H3. The van der Waals surface area contributed by atoms with E-state index in [0.29, 0.717) is 23.3 Å². The van der Waals surface area contributed by atoms with Gasteiger partial charge in [-0.15, -0.1) is 0 Å². The van der Waals surface area contributed by atoms with Gasteiger partial charge in [-0.1, -0.05) is 0 Å². The van der Waals surface area contributed by atoms with E-state index < -0.39 is 10.0 Å². The third kappa shape index (κ3) is 3.00. The van der Waals surface area contributed by atoms with Crippen LogP contribution in [0.25, 0.3) is 0 Å². The molecule has 1 saturated heterocycles. The SMILES string of the molecule is CNCC1CCCN1S(=O)(=O)c1cc(OC)ccc1Br. The number of methoxy groups -OCH3 is 1. The fraction of sp³-hybridized carbons (Fsp3) is 0.538. The molecule has 5 nitrogen and oxygen atoms in total. The molecule has 1 fully saturated rings. The van der Waals surface area contributed by atoms with Crippen molar-refractivity contribution in [2.75, 3.05) is 27.2 Å². The molecule has 1 aliphatic rings. The van der Waals surface area contributed by atoms with Gasteiger partial charge in [0.05, 0.1) is 7.11 Å². The van der Waals surface area contributed by atoms with Crippen molar-refractivity contribution in [3.8, 4) is 5.75 Å². The molecule has 1 aromatic rings. The van der Waals surface area contributed by atoms with Gasteiger partial charge >= 0.3 is 0 Å². The number of halogens is 1. The van der Waals surface area contributed by atoms with E-state index in [1.807, 2.05) is 7.05 Å². The first-order valence-electron chi connectivity index (χ1n) is 6.50. The van der Waals surface area contributed by atoms with Crippen LogP contribution in [0, 0.1) is 0 Å². The average molecular weight is 363 g/mol. The molecule has 1 atom stereocenters. The van der Waals surface area contributed by atoms with Crippen molar-refractivity contribution in [1.29, 1.82) is 0 Å². The Morgan fingerprint density at radius 1 is 1.50 bits per heavy atom. The quantitative estimate of drug-likeness (QED) is 0.867. The van der Waals surface area contributed by atoms with Gasteiger partial charge in [-0.25, -0.2) is 8.42 Å². The van der Waals surface area contributed by atoms with E-state index in [4.69, 9.17) is 4.74 Å². The van der Waals surface area contributed by atoms with Crippen LogP contribution in [0.1, 0.15) is 12.8 Å². The summed E-state index contributed by atoms with van der Waals surface area (Å²) in [5.41, 5.74) is 0. The minimum absolute atomic E-state index is 0.0168. The van der Waals surface area contributed by atoms with Crippen molar-refractivity contribution in [2.45, 2.75) is 23.8 Å². The molecule has 0 radical (unpaired) electrons. The van der Waals surface area contributed by atoms with Crippen LogP contribution >= 0.6 is 15.9 Å². The Morgan fingerprint density at radius 3 is 2.90 bits per heavy atom. The first-order valence-corrected chi connectivity index (χ1v) is 8.74. The number of ether oxygens (including phenoxy) is 1. The number of rotatable bonds is 5. The lowest BCUT2D eigenvalue weighted by Gasteiger charge is -2.24. The summed E-state index contributed by atoms with van der Waals surface area (Å²) < 4.78 is 32.9. The van der Waals surface area contributed by atoms with E-state index in [1.54, 1.807) is 22.5 Å². The Kier molecular flexibility index (Phi) is 5.06. The fourth-order valence-electron chi connectivity index (χ4n) is 2.50. The summed E-state index contributed by atoms with van der Waals surface area (Å²) in [6, 6.07) is 5.02. The minimum atomic E-state index is -3.51. The van der Waals surface area contributed by atoms with Gasteiger partial charge in [0.1, 0.15) is 10.6 Å². The zero-order valence-corrected chi connectivity index (χ0v) is 14.0. The van der Waals surface area contributed by atoms with E-state index in [9.17, 15) is 8.42 Å². The second kappa shape index (κ2) is 6.43. The molecule has 0 bridgehead atoms. The van der Waals surface area contributed by atoms with Gasteiger partial charge in [-0.3, -0.25) is 0 Å². The third-order valence-electron chi connectivity index (χ3n) is 3.49. The maximum atomic E-state index is 12.8. The molecule has 1 heterocycles. The summed E-state index contributed by atoms with van der Waals surface area (Å²) in [5, 5.41) is 3.06. The molecular formula is C13H19BrN2O3S. The number of nitrogens with one attached hydrogen (secondary N) is 1. The molecule has 0 aromatic heterocycles. The van der Waals surface area contributed by atoms with Crippen molar-refractivity contribution in [3.63, 3.8) is 0 Å². The van der Waals surface area contributed by atoms with Crippen LogP contribution in [0.4, 0.5) is 0 Å². The number of nitrogens with zero attached hydrogens (tertiary/aromatic N) is 1. The van der Waals surface area contributed by atoms with Crippen LogP contribution < -0.4 is 10.1 Å². The molecule has 1 unspecified atom stereocenters. The van der Waals surface area contributed by atoms with Crippen molar-refractivity contribution in [1.82, 2.24) is 9.62 Å². The average Bonchev–Trinajstić information content (AvgIpc) is 2.88. The second-order valence-electron chi connectivity index (χ2n) is 4.77. The third-order valence-corrected chi connectivity index (χ3v) is 6.43. The molecule has 1 aliphatic heterocycles. The minimum Gasteiger partial charge on any atom is -0.497 e. The normalized spacial score (nSPS) is 20.2. The van der Waals surface area contributed by atoms with Crippen molar-refractivity contribution >= 4 is 26.0 Å².